The van der Waals surface area contributed by atoms with E-state index in [1.807, 2.05) is 23.1 Å². The molecule has 3 aromatic carbocycles. The Bertz CT molecular complexity index is 2090. The number of piperazine rings is 1. The van der Waals surface area contributed by atoms with Crippen molar-refractivity contribution in [2.24, 2.45) is 0 Å². The Labute approximate surface area is 294 Å². The summed E-state index contributed by atoms with van der Waals surface area (Å²) >= 11 is 7.04. The number of carbonyl (C=O) groups is 1. The highest BCUT2D eigenvalue weighted by molar-refractivity contribution is 6.35. The molecule has 0 aliphatic carbocycles. The Balaban J connectivity index is 1.29. The van der Waals surface area contributed by atoms with Crippen LogP contribution in [0.2, 0.25) is 5.02 Å². The third kappa shape index (κ3) is 5.37. The Morgan fingerprint density at radius 3 is 2.74 bits per heavy atom. The summed E-state index contributed by atoms with van der Waals surface area (Å²) in [6, 6.07) is 10.4. The molecule has 2 bridgehead atoms. The lowest BCUT2D eigenvalue weighted by molar-refractivity contribution is 0.0512. The molecule has 258 valence electrons. The number of nitrogens with zero attached hydrogens (tertiary/aromatic N) is 5. The molecule has 50 heavy (non-hydrogen) atoms. The quantitative estimate of drug-likeness (QED) is 0.122. The smallest absolute Gasteiger partial charge is 0.407 e. The molecule has 4 fully saturated rings. The number of halogens is 2. The molecule has 4 aliphatic rings. The van der Waals surface area contributed by atoms with Crippen LogP contribution in [0.4, 0.5) is 15.0 Å². The van der Waals surface area contributed by atoms with Gasteiger partial charge in [-0.1, -0.05) is 41.8 Å². The van der Waals surface area contributed by atoms with Crippen molar-refractivity contribution in [2.75, 3.05) is 51.6 Å². The summed E-state index contributed by atoms with van der Waals surface area (Å²) in [6.45, 7) is 7.19. The molecule has 1 unspecified atom stereocenters. The number of rotatable bonds is 8. The monoisotopic (exact) mass is 697 g/mol. The molecule has 0 radical (unpaired) electrons. The number of amides is 1. The first-order valence-corrected chi connectivity index (χ1v) is 17.2. The lowest BCUT2D eigenvalue weighted by Crippen LogP contribution is -2.55. The van der Waals surface area contributed by atoms with E-state index in [1.54, 1.807) is 18.2 Å². The van der Waals surface area contributed by atoms with Gasteiger partial charge in [0.25, 0.3) is 0 Å². The molecule has 1 aromatic heterocycles. The van der Waals surface area contributed by atoms with Gasteiger partial charge < -0.3 is 24.2 Å². The minimum absolute atomic E-state index is 0.00556. The molecule has 1 N–H and O–H groups in total. The molecule has 4 saturated heterocycles. The number of methoxy groups -OCH3 is 1. The largest absolute Gasteiger partial charge is 0.468 e. The van der Waals surface area contributed by atoms with Crippen LogP contribution in [0.15, 0.2) is 48.6 Å². The van der Waals surface area contributed by atoms with Gasteiger partial charge in [-0.3, -0.25) is 9.80 Å². The second-order valence-electron chi connectivity index (χ2n) is 13.8. The van der Waals surface area contributed by atoms with Crippen molar-refractivity contribution < 1.29 is 28.5 Å². The normalized spacial score (nSPS) is 23.1. The van der Waals surface area contributed by atoms with Crippen molar-refractivity contribution in [1.82, 2.24) is 19.8 Å². The van der Waals surface area contributed by atoms with Crippen molar-refractivity contribution in [2.45, 2.75) is 49.7 Å². The Hall–Kier alpha value is -4.63. The van der Waals surface area contributed by atoms with Crippen molar-refractivity contribution >= 4 is 45.2 Å². The number of hydrogen-bond donors (Lipinski definition) is 1. The maximum absolute atomic E-state index is 17.4. The van der Waals surface area contributed by atoms with E-state index in [0.29, 0.717) is 53.2 Å². The zero-order valence-electron chi connectivity index (χ0n) is 27.8. The number of ether oxygens (including phenoxy) is 3. The van der Waals surface area contributed by atoms with E-state index in [9.17, 15) is 9.90 Å². The predicted octanol–water partition coefficient (Wildman–Crippen LogP) is 6.71. The van der Waals surface area contributed by atoms with E-state index < -0.39 is 11.9 Å². The molecule has 8 rings (SSSR count). The van der Waals surface area contributed by atoms with Crippen molar-refractivity contribution in [1.29, 1.82) is 0 Å². The average molecular weight is 698 g/mol. The number of anilines is 1. The lowest BCUT2D eigenvalue weighted by atomic mass is 9.93. The number of fused-ring (bicyclic) bond motifs is 5. The van der Waals surface area contributed by atoms with Crippen LogP contribution in [0.5, 0.6) is 11.8 Å². The third-order valence-electron chi connectivity index (χ3n) is 10.8. The van der Waals surface area contributed by atoms with E-state index in [0.717, 1.165) is 50.6 Å². The van der Waals surface area contributed by atoms with Gasteiger partial charge in [0.2, 0.25) is 0 Å². The molecule has 0 saturated carbocycles. The van der Waals surface area contributed by atoms with Gasteiger partial charge >= 0.3 is 12.1 Å². The number of benzene rings is 3. The van der Waals surface area contributed by atoms with Crippen LogP contribution < -0.4 is 14.4 Å². The molecule has 4 aromatic rings. The second-order valence-corrected chi connectivity index (χ2v) is 14.2. The molecule has 12 heteroatoms. The summed E-state index contributed by atoms with van der Waals surface area (Å²) in [5.74, 6) is 2.99. The van der Waals surface area contributed by atoms with Crippen molar-refractivity contribution in [3.63, 3.8) is 0 Å². The van der Waals surface area contributed by atoms with Crippen LogP contribution in [0.25, 0.3) is 32.8 Å². The molecule has 5 heterocycles. The van der Waals surface area contributed by atoms with E-state index in [4.69, 9.17) is 42.2 Å². The van der Waals surface area contributed by atoms with Gasteiger partial charge in [0.15, 0.2) is 12.6 Å². The highest BCUT2D eigenvalue weighted by Gasteiger charge is 2.47. The Morgan fingerprint density at radius 2 is 2.00 bits per heavy atom. The zero-order valence-corrected chi connectivity index (χ0v) is 28.5. The van der Waals surface area contributed by atoms with Crippen molar-refractivity contribution in [3.05, 3.63) is 65.0 Å². The number of carboxylic acid groups (broad SMARTS) is 1. The fourth-order valence-electron chi connectivity index (χ4n) is 8.67. The predicted molar refractivity (Wildman–Crippen MR) is 190 cm³/mol. The highest BCUT2D eigenvalue weighted by atomic mass is 35.5. The van der Waals surface area contributed by atoms with Crippen LogP contribution in [0, 0.1) is 18.2 Å². The van der Waals surface area contributed by atoms with Gasteiger partial charge in [-0.25, -0.2) is 9.18 Å². The number of hydrogen-bond acceptors (Lipinski definition) is 8. The first-order chi connectivity index (χ1) is 24.2. The minimum Gasteiger partial charge on any atom is -0.468 e. The van der Waals surface area contributed by atoms with Crippen LogP contribution in [-0.4, -0.2) is 95.3 Å². The van der Waals surface area contributed by atoms with Gasteiger partial charge in [0, 0.05) is 48.6 Å². The van der Waals surface area contributed by atoms with E-state index in [-0.39, 0.29) is 46.5 Å². The molecular weight excluding hydrogens is 661 g/mol. The lowest BCUT2D eigenvalue weighted by Gasteiger charge is -2.40. The summed E-state index contributed by atoms with van der Waals surface area (Å²) in [4.78, 5) is 27.7. The zero-order chi connectivity index (χ0) is 34.7. The summed E-state index contributed by atoms with van der Waals surface area (Å²) in [6.07, 6.45) is 9.35. The molecule has 10 nitrogen and oxygen atoms in total. The minimum atomic E-state index is -0.929. The third-order valence-corrected chi connectivity index (χ3v) is 11.1. The number of aromatic nitrogens is 2. The van der Waals surface area contributed by atoms with Gasteiger partial charge in [-0.05, 0) is 73.9 Å². The van der Waals surface area contributed by atoms with Crippen LogP contribution in [0.1, 0.15) is 37.7 Å². The molecule has 4 aliphatic heterocycles. The fourth-order valence-corrected chi connectivity index (χ4v) is 8.97. The topological polar surface area (TPSA) is 100 Å². The SMILES string of the molecule is C#Cc1cccc2cc(OCOC)cc(-c3c(Cl)cc4c(N5C[C@H]6CC[C@@H](C5)N6C(=O)O)nc(OCC56CCCN5CC(=C)C6)nc4c3F)c12. The molecule has 0 spiro atoms. The number of terminal acetylenes is 1. The first-order valence-electron chi connectivity index (χ1n) is 16.9. The average Bonchev–Trinajstić information content (AvgIpc) is 3.72. The summed E-state index contributed by atoms with van der Waals surface area (Å²) in [7, 11) is 1.52. The summed E-state index contributed by atoms with van der Waals surface area (Å²) in [5, 5.41) is 11.9. The Kier molecular flexibility index (Phi) is 8.21. The first kappa shape index (κ1) is 32.6. The van der Waals surface area contributed by atoms with E-state index in [2.05, 4.69) is 17.4 Å². The van der Waals surface area contributed by atoms with Gasteiger partial charge in [0.1, 0.15) is 23.7 Å². The van der Waals surface area contributed by atoms with Crippen molar-refractivity contribution in [3.8, 4) is 35.2 Å². The molecule has 3 atom stereocenters. The second kappa shape index (κ2) is 12.6. The van der Waals surface area contributed by atoms with Gasteiger partial charge in [0.05, 0.1) is 22.6 Å². The standard InChI is InChI=1S/C38H37ClFN5O5/c1-4-23-7-5-8-24-13-27(50-21-48-3)14-28(31(23)24)32-30(39)15-29-34(33(32)40)41-36(49-20-38-11-6-12-44(38)17-22(2)16-38)42-35(29)43-18-25-9-10-26(19-43)45(25)37(46)47/h1,5,7-8,13-15,25-26H,2,6,9-12,16-21H2,3H3,(H,46,47)/t25-,26+,38?. The van der Waals surface area contributed by atoms with Gasteiger partial charge in [-0.15, -0.1) is 6.42 Å². The highest BCUT2D eigenvalue weighted by Crippen LogP contribution is 2.45. The van der Waals surface area contributed by atoms with E-state index >= 15 is 4.39 Å². The molecular formula is C38H37ClFN5O5. The van der Waals surface area contributed by atoms with Crippen LogP contribution in [0.3, 0.4) is 0 Å². The fraction of sp³-hybridized carbons (Fsp3) is 0.395. The van der Waals surface area contributed by atoms with Crippen LogP contribution in [-0.2, 0) is 4.74 Å². The Morgan fingerprint density at radius 1 is 1.20 bits per heavy atom. The maximum atomic E-state index is 17.4. The van der Waals surface area contributed by atoms with Crippen LogP contribution >= 0.6 is 11.6 Å². The van der Waals surface area contributed by atoms with Gasteiger partial charge in [-0.2, -0.15) is 9.97 Å². The summed E-state index contributed by atoms with van der Waals surface area (Å²) < 4.78 is 34.7. The summed E-state index contributed by atoms with van der Waals surface area (Å²) in [5.41, 5.74) is 2.16. The maximum Gasteiger partial charge on any atom is 0.407 e. The van der Waals surface area contributed by atoms with E-state index in [1.165, 1.54) is 17.6 Å². The molecule has 1 amide bonds.